The molecular weight excluding hydrogens is 258 g/mol. The molecule has 0 saturated heterocycles. The van der Waals surface area contributed by atoms with Crippen molar-refractivity contribution >= 4 is 17.3 Å². The molecular formula is C13H21N5O2. The third-order valence-electron chi connectivity index (χ3n) is 3.78. The van der Waals surface area contributed by atoms with Crippen LogP contribution in [-0.4, -0.2) is 34.5 Å². The van der Waals surface area contributed by atoms with Crippen LogP contribution in [0.1, 0.15) is 33.1 Å². The fourth-order valence-electron chi connectivity index (χ4n) is 2.26. The van der Waals surface area contributed by atoms with E-state index in [9.17, 15) is 10.1 Å². The second-order valence-electron chi connectivity index (χ2n) is 5.27. The van der Waals surface area contributed by atoms with Gasteiger partial charge in [-0.05, 0) is 32.1 Å². The summed E-state index contributed by atoms with van der Waals surface area (Å²) in [5.74, 6) is 1.31. The van der Waals surface area contributed by atoms with Crippen LogP contribution in [0.5, 0.6) is 0 Å². The second kappa shape index (κ2) is 6.02. The van der Waals surface area contributed by atoms with E-state index in [1.54, 1.807) is 0 Å². The lowest BCUT2D eigenvalue weighted by molar-refractivity contribution is -0.383. The number of nitrogens with one attached hydrogen (secondary N) is 1. The largest absolute Gasteiger partial charge is 0.364 e. The fourth-order valence-corrected chi connectivity index (χ4v) is 2.26. The molecule has 1 N–H and O–H groups in total. The molecule has 0 bridgehead atoms. The average molecular weight is 279 g/mol. The SMILES string of the molecule is CCCNc1ncnc(N(C)C(C)C2CC2)c1[N+](=O)[O-]. The van der Waals surface area contributed by atoms with Crippen molar-refractivity contribution in [3.05, 3.63) is 16.4 Å². The average Bonchev–Trinajstić information content (AvgIpc) is 3.27. The zero-order chi connectivity index (χ0) is 14.7. The Hall–Kier alpha value is -1.92. The summed E-state index contributed by atoms with van der Waals surface area (Å²) in [5.41, 5.74) is -0.0315. The van der Waals surface area contributed by atoms with Gasteiger partial charge in [0.1, 0.15) is 6.33 Å². The molecule has 1 fully saturated rings. The fraction of sp³-hybridized carbons (Fsp3) is 0.692. The van der Waals surface area contributed by atoms with E-state index in [1.807, 2.05) is 18.9 Å². The van der Waals surface area contributed by atoms with Gasteiger partial charge in [0.15, 0.2) is 0 Å². The number of aromatic nitrogens is 2. The van der Waals surface area contributed by atoms with Crippen molar-refractivity contribution in [3.8, 4) is 0 Å². The molecule has 0 radical (unpaired) electrons. The Morgan fingerprint density at radius 1 is 1.55 bits per heavy atom. The van der Waals surface area contributed by atoms with Crippen LogP contribution in [0.25, 0.3) is 0 Å². The minimum absolute atomic E-state index is 0.0315. The molecule has 2 rings (SSSR count). The van der Waals surface area contributed by atoms with Crippen LogP contribution < -0.4 is 10.2 Å². The minimum atomic E-state index is -0.399. The van der Waals surface area contributed by atoms with E-state index in [-0.39, 0.29) is 11.7 Å². The van der Waals surface area contributed by atoms with Gasteiger partial charge in [0, 0.05) is 19.6 Å². The molecule has 1 heterocycles. The molecule has 1 atom stereocenters. The maximum absolute atomic E-state index is 11.4. The Morgan fingerprint density at radius 3 is 2.80 bits per heavy atom. The van der Waals surface area contributed by atoms with E-state index in [1.165, 1.54) is 19.2 Å². The van der Waals surface area contributed by atoms with Crippen LogP contribution in [0, 0.1) is 16.0 Å². The Bertz CT molecular complexity index is 490. The molecule has 110 valence electrons. The third-order valence-corrected chi connectivity index (χ3v) is 3.78. The highest BCUT2D eigenvalue weighted by Gasteiger charge is 2.34. The van der Waals surface area contributed by atoms with Crippen molar-refractivity contribution < 1.29 is 4.92 Å². The minimum Gasteiger partial charge on any atom is -0.364 e. The number of rotatable bonds is 7. The Labute approximate surface area is 118 Å². The number of nitro groups is 1. The predicted molar refractivity (Wildman–Crippen MR) is 78.1 cm³/mol. The van der Waals surface area contributed by atoms with Crippen LogP contribution in [0.15, 0.2) is 6.33 Å². The number of hydrogen-bond acceptors (Lipinski definition) is 6. The lowest BCUT2D eigenvalue weighted by atomic mass is 10.2. The summed E-state index contributed by atoms with van der Waals surface area (Å²) in [6, 6.07) is 0.252. The summed E-state index contributed by atoms with van der Waals surface area (Å²) in [4.78, 5) is 21.0. The van der Waals surface area contributed by atoms with E-state index >= 15 is 0 Å². The molecule has 7 heteroatoms. The maximum Gasteiger partial charge on any atom is 0.353 e. The van der Waals surface area contributed by atoms with Gasteiger partial charge < -0.3 is 10.2 Å². The van der Waals surface area contributed by atoms with E-state index in [0.29, 0.717) is 24.1 Å². The van der Waals surface area contributed by atoms with E-state index in [2.05, 4.69) is 22.2 Å². The van der Waals surface area contributed by atoms with Crippen LogP contribution in [0.2, 0.25) is 0 Å². The van der Waals surface area contributed by atoms with Gasteiger partial charge in [0.2, 0.25) is 11.6 Å². The zero-order valence-corrected chi connectivity index (χ0v) is 12.2. The second-order valence-corrected chi connectivity index (χ2v) is 5.27. The topological polar surface area (TPSA) is 84.2 Å². The molecule has 0 aliphatic heterocycles. The molecule has 0 amide bonds. The number of hydrogen-bond donors (Lipinski definition) is 1. The number of anilines is 2. The van der Waals surface area contributed by atoms with E-state index in [0.717, 1.165) is 6.42 Å². The van der Waals surface area contributed by atoms with Crippen molar-refractivity contribution in [2.24, 2.45) is 5.92 Å². The van der Waals surface area contributed by atoms with E-state index in [4.69, 9.17) is 0 Å². The van der Waals surface area contributed by atoms with Crippen molar-refractivity contribution in [1.82, 2.24) is 9.97 Å². The first-order chi connectivity index (χ1) is 9.56. The predicted octanol–water partition coefficient (Wildman–Crippen LogP) is 2.44. The standard InChI is InChI=1S/C13H21N5O2/c1-4-7-14-12-11(18(19)20)13(16-8-15-12)17(3)9(2)10-5-6-10/h8-10H,4-7H2,1-3H3,(H,14,15,16). The van der Waals surface area contributed by atoms with Crippen molar-refractivity contribution in [1.29, 1.82) is 0 Å². The van der Waals surface area contributed by atoms with Gasteiger partial charge in [-0.2, -0.15) is 0 Å². The maximum atomic E-state index is 11.4. The van der Waals surface area contributed by atoms with Gasteiger partial charge in [-0.25, -0.2) is 9.97 Å². The molecule has 0 spiro atoms. The summed E-state index contributed by atoms with van der Waals surface area (Å²) in [6.07, 6.45) is 4.64. The van der Waals surface area contributed by atoms with Crippen molar-refractivity contribution in [3.63, 3.8) is 0 Å². The molecule has 20 heavy (non-hydrogen) atoms. The van der Waals surface area contributed by atoms with Crippen molar-refractivity contribution in [2.45, 2.75) is 39.2 Å². The highest BCUT2D eigenvalue weighted by atomic mass is 16.6. The summed E-state index contributed by atoms with van der Waals surface area (Å²) >= 11 is 0. The van der Waals surface area contributed by atoms with Crippen LogP contribution in [0.4, 0.5) is 17.3 Å². The van der Waals surface area contributed by atoms with Crippen LogP contribution in [0.3, 0.4) is 0 Å². The third kappa shape index (κ3) is 2.97. The van der Waals surface area contributed by atoms with Gasteiger partial charge in [0.05, 0.1) is 4.92 Å². The number of nitrogens with zero attached hydrogens (tertiary/aromatic N) is 4. The van der Waals surface area contributed by atoms with Crippen LogP contribution in [-0.2, 0) is 0 Å². The van der Waals surface area contributed by atoms with Crippen LogP contribution >= 0.6 is 0 Å². The van der Waals surface area contributed by atoms with Gasteiger partial charge in [0.25, 0.3) is 0 Å². The normalized spacial score (nSPS) is 15.8. The highest BCUT2D eigenvalue weighted by Crippen LogP contribution is 2.39. The van der Waals surface area contributed by atoms with Crippen molar-refractivity contribution in [2.75, 3.05) is 23.8 Å². The molecule has 1 aromatic rings. The monoisotopic (exact) mass is 279 g/mol. The summed E-state index contributed by atoms with van der Waals surface area (Å²) in [5, 5.41) is 14.4. The first-order valence-electron chi connectivity index (χ1n) is 7.02. The molecule has 7 nitrogen and oxygen atoms in total. The highest BCUT2D eigenvalue weighted by molar-refractivity contribution is 5.70. The smallest absolute Gasteiger partial charge is 0.353 e. The Morgan fingerprint density at radius 2 is 2.25 bits per heavy atom. The Kier molecular flexibility index (Phi) is 4.36. The summed E-state index contributed by atoms with van der Waals surface area (Å²) < 4.78 is 0. The molecule has 1 unspecified atom stereocenters. The molecule has 1 aromatic heterocycles. The lowest BCUT2D eigenvalue weighted by Gasteiger charge is -2.25. The van der Waals surface area contributed by atoms with Gasteiger partial charge >= 0.3 is 5.69 Å². The first-order valence-corrected chi connectivity index (χ1v) is 7.02. The molecule has 1 saturated carbocycles. The zero-order valence-electron chi connectivity index (χ0n) is 12.2. The van der Waals surface area contributed by atoms with E-state index < -0.39 is 4.92 Å². The lowest BCUT2D eigenvalue weighted by Crippen LogP contribution is -2.32. The summed E-state index contributed by atoms with van der Waals surface area (Å²) in [6.45, 7) is 4.74. The van der Waals surface area contributed by atoms with Gasteiger partial charge in [-0.1, -0.05) is 6.92 Å². The Balaban J connectivity index is 2.32. The van der Waals surface area contributed by atoms with Gasteiger partial charge in [-0.3, -0.25) is 10.1 Å². The quantitative estimate of drug-likeness (QED) is 0.609. The van der Waals surface area contributed by atoms with Gasteiger partial charge in [-0.15, -0.1) is 0 Å². The summed E-state index contributed by atoms with van der Waals surface area (Å²) in [7, 11) is 1.86. The molecule has 0 aromatic carbocycles. The molecule has 1 aliphatic carbocycles. The first kappa shape index (κ1) is 14.5. The molecule has 1 aliphatic rings.